The summed E-state index contributed by atoms with van der Waals surface area (Å²) in [7, 11) is 0. The van der Waals surface area contributed by atoms with Gasteiger partial charge in [0.15, 0.2) is 0 Å². The average molecular weight is 259 g/mol. The van der Waals surface area contributed by atoms with Gasteiger partial charge < -0.3 is 10.4 Å². The van der Waals surface area contributed by atoms with E-state index >= 15 is 0 Å². The number of carbonyl (C=O) groups is 1. The van der Waals surface area contributed by atoms with E-state index in [0.29, 0.717) is 12.8 Å². The molecule has 0 bridgehead atoms. The number of para-hydroxylation sites is 1. The van der Waals surface area contributed by atoms with Gasteiger partial charge in [-0.3, -0.25) is 4.79 Å². The smallest absolute Gasteiger partial charge is 0.418 e. The minimum atomic E-state index is -4.44. The molecule has 3 nitrogen and oxygen atoms in total. The lowest BCUT2D eigenvalue weighted by molar-refractivity contribution is -0.144. The average Bonchev–Trinajstić information content (AvgIpc) is 2.22. The van der Waals surface area contributed by atoms with Crippen molar-refractivity contribution >= 4 is 11.7 Å². The van der Waals surface area contributed by atoms with Crippen molar-refractivity contribution in [2.75, 3.05) is 5.32 Å². The van der Waals surface area contributed by atoms with Crippen molar-refractivity contribution in [1.29, 1.82) is 0 Å². The molecule has 18 heavy (non-hydrogen) atoms. The van der Waals surface area contributed by atoms with E-state index in [1.54, 1.807) is 0 Å². The Bertz CT molecular complexity index is 459. The molecule has 2 unspecified atom stereocenters. The molecular weight excluding hydrogens is 247 g/mol. The van der Waals surface area contributed by atoms with Crippen LogP contribution >= 0.6 is 0 Å². The van der Waals surface area contributed by atoms with Crippen LogP contribution in [-0.4, -0.2) is 17.1 Å². The quantitative estimate of drug-likeness (QED) is 0.877. The predicted octanol–water partition coefficient (Wildman–Crippen LogP) is 2.98. The third-order valence-electron chi connectivity index (χ3n) is 3.16. The number of benzene rings is 1. The van der Waals surface area contributed by atoms with E-state index in [1.165, 1.54) is 18.2 Å². The topological polar surface area (TPSA) is 49.3 Å². The molecule has 1 saturated carbocycles. The molecule has 0 heterocycles. The van der Waals surface area contributed by atoms with Crippen LogP contribution in [0.5, 0.6) is 0 Å². The molecule has 0 amide bonds. The molecule has 1 aliphatic carbocycles. The molecule has 0 aliphatic heterocycles. The van der Waals surface area contributed by atoms with E-state index < -0.39 is 29.7 Å². The zero-order valence-electron chi connectivity index (χ0n) is 9.37. The molecule has 1 aromatic rings. The number of anilines is 1. The minimum absolute atomic E-state index is 0.0547. The van der Waals surface area contributed by atoms with E-state index in [9.17, 15) is 18.0 Å². The second-order valence-electron chi connectivity index (χ2n) is 4.32. The number of halogens is 3. The van der Waals surface area contributed by atoms with Gasteiger partial charge in [-0.15, -0.1) is 0 Å². The lowest BCUT2D eigenvalue weighted by atomic mass is 9.79. The number of nitrogens with one attached hydrogen (secondary N) is 1. The van der Waals surface area contributed by atoms with Gasteiger partial charge in [0.25, 0.3) is 0 Å². The summed E-state index contributed by atoms with van der Waals surface area (Å²) in [5, 5.41) is 11.5. The molecule has 6 heteroatoms. The van der Waals surface area contributed by atoms with Crippen LogP contribution < -0.4 is 5.32 Å². The summed E-state index contributed by atoms with van der Waals surface area (Å²) >= 11 is 0. The van der Waals surface area contributed by atoms with Crippen LogP contribution in [0, 0.1) is 5.92 Å². The molecule has 0 aromatic heterocycles. The van der Waals surface area contributed by atoms with Crippen LogP contribution in [0.2, 0.25) is 0 Å². The van der Waals surface area contributed by atoms with Gasteiger partial charge in [0.1, 0.15) is 0 Å². The number of hydrogen-bond acceptors (Lipinski definition) is 2. The number of carboxylic acids is 1. The van der Waals surface area contributed by atoms with Crippen molar-refractivity contribution < 1.29 is 23.1 Å². The van der Waals surface area contributed by atoms with Crippen LogP contribution in [0.4, 0.5) is 18.9 Å². The summed E-state index contributed by atoms with van der Waals surface area (Å²) in [6.45, 7) is 0. The van der Waals surface area contributed by atoms with Crippen molar-refractivity contribution in [3.63, 3.8) is 0 Å². The Kier molecular flexibility index (Phi) is 3.19. The van der Waals surface area contributed by atoms with Gasteiger partial charge in [0.05, 0.1) is 11.5 Å². The highest BCUT2D eigenvalue weighted by molar-refractivity contribution is 5.73. The van der Waals surface area contributed by atoms with E-state index in [1.807, 2.05) is 0 Å². The van der Waals surface area contributed by atoms with Crippen molar-refractivity contribution in [3.8, 4) is 0 Å². The molecule has 0 saturated heterocycles. The first-order chi connectivity index (χ1) is 8.39. The van der Waals surface area contributed by atoms with Crippen molar-refractivity contribution in [2.45, 2.75) is 25.1 Å². The number of alkyl halides is 3. The normalized spacial score (nSPS) is 23.3. The SMILES string of the molecule is O=C(O)C1CCC1Nc1ccccc1C(F)(F)F. The number of aliphatic carboxylic acids is 1. The Hall–Kier alpha value is -1.72. The maximum atomic E-state index is 12.7. The Morgan fingerprint density at radius 3 is 2.44 bits per heavy atom. The highest BCUT2D eigenvalue weighted by Crippen LogP contribution is 2.37. The van der Waals surface area contributed by atoms with Gasteiger partial charge in [0, 0.05) is 11.7 Å². The van der Waals surface area contributed by atoms with E-state index in [0.717, 1.165) is 6.07 Å². The highest BCUT2D eigenvalue weighted by Gasteiger charge is 2.39. The first kappa shape index (κ1) is 12.7. The first-order valence-electron chi connectivity index (χ1n) is 5.55. The second-order valence-corrected chi connectivity index (χ2v) is 4.32. The standard InChI is InChI=1S/C12H12F3NO2/c13-12(14,15)8-3-1-2-4-10(8)16-9-6-5-7(9)11(17)18/h1-4,7,9,16H,5-6H2,(H,17,18). The summed E-state index contributed by atoms with van der Waals surface area (Å²) in [5.41, 5.74) is -0.818. The number of rotatable bonds is 3. The number of hydrogen-bond donors (Lipinski definition) is 2. The lowest BCUT2D eigenvalue weighted by Gasteiger charge is -2.35. The van der Waals surface area contributed by atoms with Gasteiger partial charge in [-0.05, 0) is 25.0 Å². The monoisotopic (exact) mass is 259 g/mol. The van der Waals surface area contributed by atoms with E-state index in [4.69, 9.17) is 5.11 Å². The molecular formula is C12H12F3NO2. The van der Waals surface area contributed by atoms with Crippen LogP contribution in [0.1, 0.15) is 18.4 Å². The molecule has 0 spiro atoms. The van der Waals surface area contributed by atoms with Crippen LogP contribution in [0.25, 0.3) is 0 Å². The van der Waals surface area contributed by atoms with Crippen molar-refractivity contribution in [3.05, 3.63) is 29.8 Å². The molecule has 2 atom stereocenters. The summed E-state index contributed by atoms with van der Waals surface area (Å²) < 4.78 is 38.2. The van der Waals surface area contributed by atoms with E-state index in [-0.39, 0.29) is 5.69 Å². The van der Waals surface area contributed by atoms with Crippen molar-refractivity contribution in [1.82, 2.24) is 0 Å². The van der Waals surface area contributed by atoms with Gasteiger partial charge in [0.2, 0.25) is 0 Å². The Morgan fingerprint density at radius 2 is 1.94 bits per heavy atom. The fraction of sp³-hybridized carbons (Fsp3) is 0.417. The maximum Gasteiger partial charge on any atom is 0.418 e. The fourth-order valence-electron chi connectivity index (χ4n) is 2.02. The molecule has 1 aromatic carbocycles. The highest BCUT2D eigenvalue weighted by atomic mass is 19.4. The molecule has 2 N–H and O–H groups in total. The summed E-state index contributed by atoms with van der Waals surface area (Å²) in [6.07, 6.45) is -3.36. The van der Waals surface area contributed by atoms with E-state index in [2.05, 4.69) is 5.32 Å². The van der Waals surface area contributed by atoms with Crippen molar-refractivity contribution in [2.24, 2.45) is 5.92 Å². The van der Waals surface area contributed by atoms with Crippen LogP contribution in [-0.2, 0) is 11.0 Å². The maximum absolute atomic E-state index is 12.7. The lowest BCUT2D eigenvalue weighted by Crippen LogP contribution is -2.43. The minimum Gasteiger partial charge on any atom is -0.481 e. The zero-order valence-corrected chi connectivity index (χ0v) is 9.37. The summed E-state index contributed by atoms with van der Waals surface area (Å²) in [6, 6.07) is 4.68. The fourth-order valence-corrected chi connectivity index (χ4v) is 2.02. The molecule has 98 valence electrons. The second kappa shape index (κ2) is 4.51. The van der Waals surface area contributed by atoms with Gasteiger partial charge in [-0.25, -0.2) is 0 Å². The third kappa shape index (κ3) is 2.42. The summed E-state index contributed by atoms with van der Waals surface area (Å²) in [4.78, 5) is 10.8. The zero-order chi connectivity index (χ0) is 13.3. The first-order valence-corrected chi connectivity index (χ1v) is 5.55. The molecule has 2 rings (SSSR count). The predicted molar refractivity (Wildman–Crippen MR) is 59.2 cm³/mol. The van der Waals surface area contributed by atoms with Crippen LogP contribution in [0.15, 0.2) is 24.3 Å². The molecule has 1 fully saturated rings. The largest absolute Gasteiger partial charge is 0.481 e. The number of carboxylic acid groups (broad SMARTS) is 1. The molecule has 1 aliphatic rings. The van der Waals surface area contributed by atoms with Gasteiger partial charge >= 0.3 is 12.1 Å². The Morgan fingerprint density at radius 1 is 1.28 bits per heavy atom. The Balaban J connectivity index is 2.17. The Labute approximate surface area is 102 Å². The van der Waals surface area contributed by atoms with Crippen LogP contribution in [0.3, 0.4) is 0 Å². The third-order valence-corrected chi connectivity index (χ3v) is 3.16. The summed E-state index contributed by atoms with van der Waals surface area (Å²) in [5.74, 6) is -1.57. The van der Waals surface area contributed by atoms with Gasteiger partial charge in [-0.2, -0.15) is 13.2 Å². The van der Waals surface area contributed by atoms with Gasteiger partial charge in [-0.1, -0.05) is 12.1 Å². The molecule has 0 radical (unpaired) electrons.